The minimum atomic E-state index is -1.08. The SMILES string of the molecule is CCNCC.Cc1ccc(C=Cc2ccccc2C(=O)NC(Cc2ccccc2)C(=O)C(N)=O)cc1. The van der Waals surface area contributed by atoms with Crippen molar-refractivity contribution < 1.29 is 14.4 Å². The number of nitrogens with two attached hydrogens (primary N) is 1. The van der Waals surface area contributed by atoms with Crippen LogP contribution in [0.3, 0.4) is 0 Å². The summed E-state index contributed by atoms with van der Waals surface area (Å²) >= 11 is 0. The van der Waals surface area contributed by atoms with Gasteiger partial charge in [-0.25, -0.2) is 0 Å². The lowest BCUT2D eigenvalue weighted by molar-refractivity contribution is -0.137. The Kier molecular flexibility index (Phi) is 11.8. The Morgan fingerprint density at radius 3 is 2.03 bits per heavy atom. The number of benzene rings is 3. The molecule has 3 aromatic carbocycles. The zero-order chi connectivity index (χ0) is 26.3. The molecule has 1 atom stereocenters. The molecule has 0 radical (unpaired) electrons. The van der Waals surface area contributed by atoms with Crippen LogP contribution in [0.25, 0.3) is 12.2 Å². The minimum absolute atomic E-state index is 0.176. The van der Waals surface area contributed by atoms with E-state index in [1.54, 1.807) is 12.1 Å². The normalized spacial score (nSPS) is 11.3. The molecule has 3 rings (SSSR count). The fraction of sp³-hybridized carbons (Fsp3) is 0.233. The number of hydrogen-bond acceptors (Lipinski definition) is 4. The fourth-order valence-corrected chi connectivity index (χ4v) is 3.43. The molecule has 0 aromatic heterocycles. The van der Waals surface area contributed by atoms with Gasteiger partial charge in [0, 0.05) is 12.0 Å². The standard InChI is InChI=1S/C26H24N2O3.C4H11N/c1-18-11-13-19(14-12-18)15-16-21-9-5-6-10-22(21)26(31)28-23(24(29)25(27)30)17-20-7-3-2-4-8-20;1-3-5-4-2/h2-16,23H,17H2,1H3,(H2,27,30)(H,28,31);5H,3-4H2,1-2H3. The van der Waals surface area contributed by atoms with Crippen molar-refractivity contribution in [2.24, 2.45) is 5.73 Å². The van der Waals surface area contributed by atoms with Gasteiger partial charge in [-0.05, 0) is 42.8 Å². The lowest BCUT2D eigenvalue weighted by Gasteiger charge is -2.17. The lowest BCUT2D eigenvalue weighted by atomic mass is 10.00. The first kappa shape index (κ1) is 28.2. The van der Waals surface area contributed by atoms with E-state index in [4.69, 9.17) is 5.73 Å². The smallest absolute Gasteiger partial charge is 0.287 e. The second-order valence-electron chi connectivity index (χ2n) is 8.23. The van der Waals surface area contributed by atoms with E-state index in [2.05, 4.69) is 24.5 Å². The number of rotatable bonds is 10. The van der Waals surface area contributed by atoms with Gasteiger partial charge in [0.05, 0.1) is 0 Å². The molecule has 0 saturated heterocycles. The van der Waals surface area contributed by atoms with Crippen molar-refractivity contribution in [3.8, 4) is 0 Å². The maximum Gasteiger partial charge on any atom is 0.287 e. The van der Waals surface area contributed by atoms with Crippen LogP contribution in [0.2, 0.25) is 0 Å². The first-order chi connectivity index (χ1) is 17.3. The van der Waals surface area contributed by atoms with Crippen molar-refractivity contribution in [1.82, 2.24) is 10.6 Å². The molecule has 0 fully saturated rings. The molecule has 6 heteroatoms. The van der Waals surface area contributed by atoms with Gasteiger partial charge in [-0.2, -0.15) is 0 Å². The van der Waals surface area contributed by atoms with Crippen LogP contribution in [-0.2, 0) is 16.0 Å². The second-order valence-corrected chi connectivity index (χ2v) is 8.23. The van der Waals surface area contributed by atoms with Crippen molar-refractivity contribution >= 4 is 29.7 Å². The average Bonchev–Trinajstić information content (AvgIpc) is 2.89. The van der Waals surface area contributed by atoms with Gasteiger partial charge in [-0.15, -0.1) is 0 Å². The summed E-state index contributed by atoms with van der Waals surface area (Å²) in [6.45, 7) is 8.41. The summed E-state index contributed by atoms with van der Waals surface area (Å²) < 4.78 is 0. The molecule has 0 aliphatic rings. The highest BCUT2D eigenvalue weighted by atomic mass is 16.2. The van der Waals surface area contributed by atoms with E-state index in [0.717, 1.165) is 24.2 Å². The summed E-state index contributed by atoms with van der Waals surface area (Å²) in [5.74, 6) is -2.35. The van der Waals surface area contributed by atoms with Crippen molar-refractivity contribution in [1.29, 1.82) is 0 Å². The molecule has 4 N–H and O–H groups in total. The third-order valence-corrected chi connectivity index (χ3v) is 5.39. The number of Topliss-reactive ketones (excluding diaryl/α,β-unsaturated/α-hetero) is 1. The van der Waals surface area contributed by atoms with E-state index < -0.39 is 23.6 Å². The topological polar surface area (TPSA) is 101 Å². The minimum Gasteiger partial charge on any atom is -0.363 e. The van der Waals surface area contributed by atoms with Crippen LogP contribution >= 0.6 is 0 Å². The van der Waals surface area contributed by atoms with Crippen LogP contribution in [-0.4, -0.2) is 36.7 Å². The Balaban J connectivity index is 0.000000830. The van der Waals surface area contributed by atoms with E-state index in [1.807, 2.05) is 85.8 Å². The number of hydrogen-bond donors (Lipinski definition) is 3. The fourth-order valence-electron chi connectivity index (χ4n) is 3.43. The molecule has 1 unspecified atom stereocenters. The second kappa shape index (κ2) is 15.1. The molecule has 0 bridgehead atoms. The molecule has 0 aliphatic carbocycles. The summed E-state index contributed by atoms with van der Waals surface area (Å²) in [7, 11) is 0. The highest BCUT2D eigenvalue weighted by Crippen LogP contribution is 2.15. The zero-order valence-corrected chi connectivity index (χ0v) is 21.2. The number of carbonyl (C=O) groups is 3. The summed E-state index contributed by atoms with van der Waals surface area (Å²) in [4.78, 5) is 36.8. The predicted octanol–water partition coefficient (Wildman–Crippen LogP) is 4.18. The third-order valence-electron chi connectivity index (χ3n) is 5.39. The highest BCUT2D eigenvalue weighted by Gasteiger charge is 2.26. The van der Waals surface area contributed by atoms with Crippen LogP contribution in [0.1, 0.15) is 46.5 Å². The zero-order valence-electron chi connectivity index (χ0n) is 21.2. The van der Waals surface area contributed by atoms with Gasteiger partial charge in [-0.1, -0.05) is 104 Å². The van der Waals surface area contributed by atoms with Gasteiger partial charge in [0.15, 0.2) is 0 Å². The highest BCUT2D eigenvalue weighted by molar-refractivity contribution is 6.38. The number of primary amides is 1. The van der Waals surface area contributed by atoms with Crippen molar-refractivity contribution in [2.45, 2.75) is 33.2 Å². The summed E-state index contributed by atoms with van der Waals surface area (Å²) in [6, 6.07) is 23.2. The van der Waals surface area contributed by atoms with E-state index in [-0.39, 0.29) is 6.42 Å². The summed E-state index contributed by atoms with van der Waals surface area (Å²) in [5.41, 5.74) is 9.30. The van der Waals surface area contributed by atoms with Crippen molar-refractivity contribution in [2.75, 3.05) is 13.1 Å². The van der Waals surface area contributed by atoms with Crippen molar-refractivity contribution in [3.63, 3.8) is 0 Å². The number of carbonyl (C=O) groups excluding carboxylic acids is 3. The third kappa shape index (κ3) is 9.31. The maximum atomic E-state index is 13.0. The van der Waals surface area contributed by atoms with Gasteiger partial charge in [0.1, 0.15) is 6.04 Å². The Morgan fingerprint density at radius 1 is 0.833 bits per heavy atom. The Morgan fingerprint density at radius 2 is 1.44 bits per heavy atom. The average molecular weight is 486 g/mol. The van der Waals surface area contributed by atoms with Gasteiger partial charge >= 0.3 is 0 Å². The van der Waals surface area contributed by atoms with Gasteiger partial charge in [-0.3, -0.25) is 14.4 Å². The molecular weight excluding hydrogens is 450 g/mol. The maximum absolute atomic E-state index is 13.0. The quantitative estimate of drug-likeness (QED) is 0.296. The summed E-state index contributed by atoms with van der Waals surface area (Å²) in [5, 5.41) is 5.80. The molecule has 0 spiro atoms. The first-order valence-electron chi connectivity index (χ1n) is 12.1. The molecule has 3 aromatic rings. The molecule has 0 saturated carbocycles. The molecule has 0 heterocycles. The number of aryl methyl sites for hydroxylation is 1. The van der Waals surface area contributed by atoms with E-state index in [1.165, 1.54) is 5.56 Å². The van der Waals surface area contributed by atoms with Crippen LogP contribution in [0.4, 0.5) is 0 Å². The number of amides is 2. The van der Waals surface area contributed by atoms with Gasteiger partial charge in [0.25, 0.3) is 11.8 Å². The Hall–Kier alpha value is -4.03. The first-order valence-corrected chi connectivity index (χ1v) is 12.1. The number of ketones is 1. The molecule has 188 valence electrons. The van der Waals surface area contributed by atoms with E-state index in [9.17, 15) is 14.4 Å². The Labute approximate surface area is 213 Å². The van der Waals surface area contributed by atoms with E-state index in [0.29, 0.717) is 11.1 Å². The van der Waals surface area contributed by atoms with E-state index >= 15 is 0 Å². The Bertz CT molecular complexity index is 1150. The molecule has 2 amide bonds. The molecule has 0 aliphatic heterocycles. The molecule has 6 nitrogen and oxygen atoms in total. The van der Waals surface area contributed by atoms with Gasteiger partial charge < -0.3 is 16.4 Å². The largest absolute Gasteiger partial charge is 0.363 e. The van der Waals surface area contributed by atoms with Crippen molar-refractivity contribution in [3.05, 3.63) is 107 Å². The van der Waals surface area contributed by atoms with Gasteiger partial charge in [0.2, 0.25) is 5.78 Å². The monoisotopic (exact) mass is 485 g/mol. The van der Waals surface area contributed by atoms with Crippen LogP contribution in [0.15, 0.2) is 78.9 Å². The molecular formula is C30H35N3O3. The number of nitrogens with one attached hydrogen (secondary N) is 2. The van der Waals surface area contributed by atoms with Crippen LogP contribution in [0, 0.1) is 6.92 Å². The predicted molar refractivity (Wildman–Crippen MR) is 146 cm³/mol. The molecule has 36 heavy (non-hydrogen) atoms. The van der Waals surface area contributed by atoms with Crippen LogP contribution in [0.5, 0.6) is 0 Å². The summed E-state index contributed by atoms with van der Waals surface area (Å²) in [6.07, 6.45) is 3.94. The lowest BCUT2D eigenvalue weighted by Crippen LogP contribution is -2.47. The van der Waals surface area contributed by atoms with Crippen LogP contribution < -0.4 is 16.4 Å².